The van der Waals surface area contributed by atoms with E-state index in [0.717, 1.165) is 10.9 Å². The number of halogens is 1. The van der Waals surface area contributed by atoms with Crippen LogP contribution in [0.3, 0.4) is 0 Å². The summed E-state index contributed by atoms with van der Waals surface area (Å²) in [5.41, 5.74) is 2.51. The van der Waals surface area contributed by atoms with E-state index >= 15 is 0 Å². The molecule has 1 aliphatic rings. The van der Waals surface area contributed by atoms with Gasteiger partial charge in [0.2, 0.25) is 0 Å². The van der Waals surface area contributed by atoms with Crippen molar-refractivity contribution in [3.8, 4) is 11.5 Å². The van der Waals surface area contributed by atoms with Gasteiger partial charge in [0.25, 0.3) is 15.9 Å². The normalized spacial score (nSPS) is 13.8. The van der Waals surface area contributed by atoms with Gasteiger partial charge in [-0.05, 0) is 36.4 Å². The first-order valence-electron chi connectivity index (χ1n) is 7.43. The zero-order valence-corrected chi connectivity index (χ0v) is 15.4. The monoisotopic (exact) mass is 426 g/mol. The molecule has 0 saturated heterocycles. The van der Waals surface area contributed by atoms with Crippen LogP contribution in [0.5, 0.6) is 11.5 Å². The van der Waals surface area contributed by atoms with Crippen LogP contribution in [-0.4, -0.2) is 27.5 Å². The lowest BCUT2D eigenvalue weighted by atomic mass is 10.2. The molecule has 25 heavy (non-hydrogen) atoms. The highest BCUT2D eigenvalue weighted by Gasteiger charge is 2.19. The van der Waals surface area contributed by atoms with Crippen LogP contribution in [0.2, 0.25) is 0 Å². The van der Waals surface area contributed by atoms with Crippen LogP contribution < -0.4 is 19.7 Å². The van der Waals surface area contributed by atoms with Crippen molar-refractivity contribution in [2.45, 2.75) is 11.3 Å². The van der Waals surface area contributed by atoms with Gasteiger partial charge in [-0.1, -0.05) is 15.9 Å². The number of hydrogen-bond acceptors (Lipinski definition) is 5. The van der Waals surface area contributed by atoms with Crippen molar-refractivity contribution in [3.05, 3.63) is 52.5 Å². The maximum atomic E-state index is 12.4. The molecule has 1 amide bonds. The summed E-state index contributed by atoms with van der Waals surface area (Å²) in [4.78, 5) is 14.1. The molecule has 0 aromatic heterocycles. The second-order valence-corrected chi connectivity index (χ2v) is 7.82. The standard InChI is InChI=1S/C16H15BrN2O5S/c17-12-4-2-11(3-5-12)16(20)18-19-25(21,22)13-6-7-14-15(10-13)24-9-1-8-23-14/h2-7,10,19H,1,8-9H2,(H,18,20). The predicted octanol–water partition coefficient (Wildman–Crippen LogP) is 2.23. The van der Waals surface area contributed by atoms with Gasteiger partial charge in [-0.15, -0.1) is 4.83 Å². The second-order valence-electron chi connectivity index (χ2n) is 5.23. The Bertz CT molecular complexity index is 884. The van der Waals surface area contributed by atoms with Crippen molar-refractivity contribution in [3.63, 3.8) is 0 Å². The molecule has 9 heteroatoms. The highest BCUT2D eigenvalue weighted by molar-refractivity contribution is 9.10. The Morgan fingerprint density at radius 2 is 1.68 bits per heavy atom. The van der Waals surface area contributed by atoms with E-state index in [9.17, 15) is 13.2 Å². The molecule has 1 heterocycles. The summed E-state index contributed by atoms with van der Waals surface area (Å²) in [6.07, 6.45) is 0.720. The largest absolute Gasteiger partial charge is 0.490 e. The Kier molecular flexibility index (Phi) is 5.26. The topological polar surface area (TPSA) is 93.7 Å². The Balaban J connectivity index is 1.72. The van der Waals surface area contributed by atoms with E-state index in [1.807, 2.05) is 0 Å². The molecule has 0 fully saturated rings. The van der Waals surface area contributed by atoms with E-state index < -0.39 is 15.9 Å². The fourth-order valence-corrected chi connectivity index (χ4v) is 3.28. The van der Waals surface area contributed by atoms with Gasteiger partial charge >= 0.3 is 0 Å². The lowest BCUT2D eigenvalue weighted by Gasteiger charge is -2.11. The van der Waals surface area contributed by atoms with Gasteiger partial charge in [-0.3, -0.25) is 10.2 Å². The van der Waals surface area contributed by atoms with Crippen LogP contribution in [0.15, 0.2) is 51.8 Å². The SMILES string of the molecule is O=C(NNS(=O)(=O)c1ccc2c(c1)OCCCO2)c1ccc(Br)cc1. The predicted molar refractivity (Wildman–Crippen MR) is 94.0 cm³/mol. The van der Waals surface area contributed by atoms with E-state index in [1.165, 1.54) is 18.2 Å². The number of fused-ring (bicyclic) bond motifs is 1. The van der Waals surface area contributed by atoms with Gasteiger partial charge in [-0.25, -0.2) is 8.42 Å². The van der Waals surface area contributed by atoms with Gasteiger partial charge in [0.1, 0.15) is 0 Å². The van der Waals surface area contributed by atoms with Crippen LogP contribution in [0.4, 0.5) is 0 Å². The number of nitrogens with one attached hydrogen (secondary N) is 2. The third kappa shape index (κ3) is 4.30. The summed E-state index contributed by atoms with van der Waals surface area (Å²) in [5.74, 6) is 0.292. The number of hydrogen-bond donors (Lipinski definition) is 2. The summed E-state index contributed by atoms with van der Waals surface area (Å²) in [6.45, 7) is 0.963. The smallest absolute Gasteiger partial charge is 0.266 e. The summed E-state index contributed by atoms with van der Waals surface area (Å²) in [6, 6.07) is 10.8. The first-order chi connectivity index (χ1) is 12.0. The van der Waals surface area contributed by atoms with Gasteiger partial charge < -0.3 is 9.47 Å². The maximum absolute atomic E-state index is 12.4. The van der Waals surface area contributed by atoms with Gasteiger partial charge in [-0.2, -0.15) is 0 Å². The molecule has 0 atom stereocenters. The number of ether oxygens (including phenoxy) is 2. The molecule has 0 bridgehead atoms. The molecule has 2 aromatic rings. The number of amides is 1. The first kappa shape index (κ1) is 17.7. The highest BCUT2D eigenvalue weighted by Crippen LogP contribution is 2.31. The molecular formula is C16H15BrN2O5S. The summed E-state index contributed by atoms with van der Waals surface area (Å²) in [7, 11) is -3.94. The van der Waals surface area contributed by atoms with Crippen molar-refractivity contribution >= 4 is 31.9 Å². The zero-order valence-electron chi connectivity index (χ0n) is 13.0. The van der Waals surface area contributed by atoms with Crippen LogP contribution in [0, 0.1) is 0 Å². The quantitative estimate of drug-likeness (QED) is 0.731. The van der Waals surface area contributed by atoms with Crippen molar-refractivity contribution in [2.24, 2.45) is 0 Å². The third-order valence-corrected chi connectivity index (χ3v) is 5.21. The average Bonchev–Trinajstić information content (AvgIpc) is 2.85. The summed E-state index contributed by atoms with van der Waals surface area (Å²) in [5, 5.41) is 0. The number of benzene rings is 2. The van der Waals surface area contributed by atoms with Crippen LogP contribution in [-0.2, 0) is 10.0 Å². The molecule has 0 spiro atoms. The van der Waals surface area contributed by atoms with Gasteiger partial charge in [0, 0.05) is 22.5 Å². The highest BCUT2D eigenvalue weighted by atomic mass is 79.9. The number of hydrazine groups is 1. The third-order valence-electron chi connectivity index (χ3n) is 3.43. The molecule has 0 saturated carbocycles. The molecule has 0 unspecified atom stereocenters. The van der Waals surface area contributed by atoms with Crippen LogP contribution in [0.1, 0.15) is 16.8 Å². The molecule has 7 nitrogen and oxygen atoms in total. The molecule has 0 aliphatic carbocycles. The van der Waals surface area contributed by atoms with Crippen molar-refractivity contribution in [1.82, 2.24) is 10.3 Å². The maximum Gasteiger partial charge on any atom is 0.266 e. The molecule has 2 aromatic carbocycles. The van der Waals surface area contributed by atoms with Crippen molar-refractivity contribution in [2.75, 3.05) is 13.2 Å². The van der Waals surface area contributed by atoms with E-state index in [1.54, 1.807) is 24.3 Å². The van der Waals surface area contributed by atoms with Crippen molar-refractivity contribution in [1.29, 1.82) is 0 Å². The molecule has 0 radical (unpaired) electrons. The number of rotatable bonds is 4. The minimum Gasteiger partial charge on any atom is -0.490 e. The van der Waals surface area contributed by atoms with Gasteiger partial charge in [0.05, 0.1) is 18.1 Å². The van der Waals surface area contributed by atoms with E-state index in [0.29, 0.717) is 30.3 Å². The Labute approximate surface area is 153 Å². The zero-order chi connectivity index (χ0) is 17.9. The molecule has 1 aliphatic heterocycles. The first-order valence-corrected chi connectivity index (χ1v) is 9.71. The Hall–Kier alpha value is -2.10. The van der Waals surface area contributed by atoms with E-state index in [4.69, 9.17) is 9.47 Å². The summed E-state index contributed by atoms with van der Waals surface area (Å²) >= 11 is 3.27. The van der Waals surface area contributed by atoms with Crippen LogP contribution >= 0.6 is 15.9 Å². The van der Waals surface area contributed by atoms with E-state index in [-0.39, 0.29) is 4.90 Å². The Morgan fingerprint density at radius 3 is 2.40 bits per heavy atom. The van der Waals surface area contributed by atoms with E-state index in [2.05, 4.69) is 26.2 Å². The minimum atomic E-state index is -3.94. The fourth-order valence-electron chi connectivity index (χ4n) is 2.16. The molecule has 2 N–H and O–H groups in total. The molecular weight excluding hydrogens is 412 g/mol. The van der Waals surface area contributed by atoms with Crippen LogP contribution in [0.25, 0.3) is 0 Å². The summed E-state index contributed by atoms with van der Waals surface area (Å²) < 4.78 is 36.5. The second kappa shape index (κ2) is 7.42. The number of carbonyl (C=O) groups excluding carboxylic acids is 1. The van der Waals surface area contributed by atoms with Gasteiger partial charge in [0.15, 0.2) is 11.5 Å². The Morgan fingerprint density at radius 1 is 1.00 bits per heavy atom. The number of sulfonamides is 1. The lowest BCUT2D eigenvalue weighted by Crippen LogP contribution is -2.41. The lowest BCUT2D eigenvalue weighted by molar-refractivity contribution is 0.0945. The number of carbonyl (C=O) groups is 1. The van der Waals surface area contributed by atoms with Crippen molar-refractivity contribution < 1.29 is 22.7 Å². The molecule has 132 valence electrons. The molecule has 3 rings (SSSR count). The average molecular weight is 427 g/mol. The minimum absolute atomic E-state index is 0.0344. The fraction of sp³-hybridized carbons (Fsp3) is 0.188.